The fraction of sp³-hybridized carbons (Fsp3) is 0.312. The number of aryl methyl sites for hydroxylation is 1. The summed E-state index contributed by atoms with van der Waals surface area (Å²) >= 11 is 1.65. The molecular weight excluding hydrogens is 324 g/mol. The lowest BCUT2D eigenvalue weighted by Crippen LogP contribution is -2.48. The molecule has 0 bridgehead atoms. The Hall–Kier alpha value is -2.61. The molecule has 1 saturated heterocycles. The van der Waals surface area contributed by atoms with Crippen LogP contribution in [-0.2, 0) is 0 Å². The summed E-state index contributed by atoms with van der Waals surface area (Å²) in [5.74, 6) is 0.229. The third kappa shape index (κ3) is 2.48. The van der Waals surface area contributed by atoms with Gasteiger partial charge >= 0.3 is 0 Å². The van der Waals surface area contributed by atoms with E-state index in [1.807, 2.05) is 35.4 Å². The minimum atomic E-state index is -0.0522. The lowest BCUT2D eigenvalue weighted by molar-refractivity contribution is 0.0749. The second-order valence-electron chi connectivity index (χ2n) is 5.84. The molecule has 24 heavy (non-hydrogen) atoms. The van der Waals surface area contributed by atoms with Gasteiger partial charge in [-0.2, -0.15) is 0 Å². The van der Waals surface area contributed by atoms with Gasteiger partial charge in [0.2, 0.25) is 0 Å². The van der Waals surface area contributed by atoms with E-state index in [9.17, 15) is 4.79 Å². The van der Waals surface area contributed by atoms with E-state index in [0.717, 1.165) is 29.4 Å². The number of aromatic nitrogens is 3. The van der Waals surface area contributed by atoms with Gasteiger partial charge in [0.15, 0.2) is 10.9 Å². The number of nitrogens with zero attached hydrogens (tertiary/aromatic N) is 5. The van der Waals surface area contributed by atoms with E-state index in [1.54, 1.807) is 22.0 Å². The highest BCUT2D eigenvalue weighted by Crippen LogP contribution is 2.24. The number of carbonyl (C=O) groups excluding carboxylic acids is 1. The SMILES string of the molecule is Cc1csc(N2CCN(C(=O)c3c(N)nn4ccccc34)CC2)n1. The molecule has 1 aliphatic heterocycles. The number of amides is 1. The van der Waals surface area contributed by atoms with Crippen LogP contribution in [0.4, 0.5) is 10.9 Å². The predicted molar refractivity (Wildman–Crippen MR) is 94.6 cm³/mol. The normalized spacial score (nSPS) is 15.2. The van der Waals surface area contributed by atoms with Crippen molar-refractivity contribution in [1.82, 2.24) is 19.5 Å². The predicted octanol–water partition coefficient (Wildman–Crippen LogP) is 1.64. The van der Waals surface area contributed by atoms with Gasteiger partial charge in [0, 0.05) is 37.8 Å². The molecule has 8 heteroatoms. The monoisotopic (exact) mass is 342 g/mol. The van der Waals surface area contributed by atoms with Crippen molar-refractivity contribution in [3.05, 3.63) is 41.0 Å². The van der Waals surface area contributed by atoms with E-state index < -0.39 is 0 Å². The number of nitrogens with two attached hydrogens (primary N) is 1. The summed E-state index contributed by atoms with van der Waals surface area (Å²) in [5, 5.41) is 7.29. The van der Waals surface area contributed by atoms with E-state index in [1.165, 1.54) is 0 Å². The minimum absolute atomic E-state index is 0.0522. The highest BCUT2D eigenvalue weighted by atomic mass is 32.1. The Labute approximate surface area is 143 Å². The molecule has 0 aliphatic carbocycles. The molecule has 0 radical (unpaired) electrons. The van der Waals surface area contributed by atoms with Crippen LogP contribution in [-0.4, -0.2) is 51.6 Å². The molecule has 0 spiro atoms. The molecule has 0 atom stereocenters. The van der Waals surface area contributed by atoms with Crippen LogP contribution in [0, 0.1) is 6.92 Å². The quantitative estimate of drug-likeness (QED) is 0.766. The number of piperazine rings is 1. The maximum absolute atomic E-state index is 12.9. The highest BCUT2D eigenvalue weighted by molar-refractivity contribution is 7.13. The number of hydrogen-bond acceptors (Lipinski definition) is 6. The van der Waals surface area contributed by atoms with Crippen LogP contribution < -0.4 is 10.6 Å². The van der Waals surface area contributed by atoms with Crippen LogP contribution >= 0.6 is 11.3 Å². The van der Waals surface area contributed by atoms with E-state index in [2.05, 4.69) is 15.0 Å². The number of pyridine rings is 1. The molecule has 3 aromatic heterocycles. The average Bonchev–Trinajstić information content (AvgIpc) is 3.17. The Bertz CT molecular complexity index is 893. The van der Waals surface area contributed by atoms with Crippen LogP contribution in [0.5, 0.6) is 0 Å². The molecular formula is C16H18N6OS. The lowest BCUT2D eigenvalue weighted by atomic mass is 10.2. The van der Waals surface area contributed by atoms with Crippen molar-refractivity contribution in [2.45, 2.75) is 6.92 Å². The first-order chi connectivity index (χ1) is 11.6. The van der Waals surface area contributed by atoms with Crippen LogP contribution in [0.3, 0.4) is 0 Å². The highest BCUT2D eigenvalue weighted by Gasteiger charge is 2.27. The summed E-state index contributed by atoms with van der Waals surface area (Å²) in [6.07, 6.45) is 1.80. The number of carbonyl (C=O) groups is 1. The third-order valence-corrected chi connectivity index (χ3v) is 5.24. The number of nitrogen functional groups attached to an aromatic ring is 1. The topological polar surface area (TPSA) is 79.8 Å². The van der Waals surface area contributed by atoms with Gasteiger partial charge in [0.05, 0.1) is 11.2 Å². The van der Waals surface area contributed by atoms with Gasteiger partial charge in [0.1, 0.15) is 5.56 Å². The second kappa shape index (κ2) is 5.79. The molecule has 4 rings (SSSR count). The van der Waals surface area contributed by atoms with Crippen molar-refractivity contribution in [3.63, 3.8) is 0 Å². The summed E-state index contributed by atoms with van der Waals surface area (Å²) in [6.45, 7) is 4.85. The van der Waals surface area contributed by atoms with Gasteiger partial charge in [-0.25, -0.2) is 9.50 Å². The summed E-state index contributed by atoms with van der Waals surface area (Å²) in [7, 11) is 0. The van der Waals surface area contributed by atoms with Crippen LogP contribution in [0.15, 0.2) is 29.8 Å². The van der Waals surface area contributed by atoms with E-state index in [0.29, 0.717) is 18.7 Å². The molecule has 1 aliphatic rings. The van der Waals surface area contributed by atoms with Gasteiger partial charge in [-0.05, 0) is 19.1 Å². The lowest BCUT2D eigenvalue weighted by Gasteiger charge is -2.34. The number of anilines is 2. The molecule has 3 aromatic rings. The first-order valence-electron chi connectivity index (χ1n) is 7.82. The first-order valence-corrected chi connectivity index (χ1v) is 8.70. The summed E-state index contributed by atoms with van der Waals surface area (Å²) in [5.41, 5.74) is 8.26. The zero-order chi connectivity index (χ0) is 16.7. The third-order valence-electron chi connectivity index (χ3n) is 4.23. The molecule has 0 saturated carbocycles. The number of hydrogen-bond donors (Lipinski definition) is 1. The Morgan fingerprint density at radius 3 is 2.75 bits per heavy atom. The smallest absolute Gasteiger partial charge is 0.260 e. The van der Waals surface area contributed by atoms with Crippen LogP contribution in [0.2, 0.25) is 0 Å². The molecule has 124 valence electrons. The van der Waals surface area contributed by atoms with E-state index in [4.69, 9.17) is 5.73 Å². The molecule has 2 N–H and O–H groups in total. The van der Waals surface area contributed by atoms with Gasteiger partial charge < -0.3 is 15.5 Å². The maximum Gasteiger partial charge on any atom is 0.260 e. The molecule has 1 amide bonds. The van der Waals surface area contributed by atoms with Crippen molar-refractivity contribution in [2.24, 2.45) is 0 Å². The summed E-state index contributed by atoms with van der Waals surface area (Å²) in [6, 6.07) is 5.61. The van der Waals surface area contributed by atoms with Crippen LogP contribution in [0.1, 0.15) is 16.1 Å². The fourth-order valence-electron chi connectivity index (χ4n) is 2.98. The largest absolute Gasteiger partial charge is 0.382 e. The second-order valence-corrected chi connectivity index (χ2v) is 6.68. The van der Waals surface area contributed by atoms with Crippen molar-refractivity contribution >= 4 is 33.7 Å². The molecule has 0 unspecified atom stereocenters. The van der Waals surface area contributed by atoms with Gasteiger partial charge in [-0.15, -0.1) is 16.4 Å². The van der Waals surface area contributed by atoms with Crippen molar-refractivity contribution in [1.29, 1.82) is 0 Å². The number of fused-ring (bicyclic) bond motifs is 1. The molecule has 4 heterocycles. The Balaban J connectivity index is 1.53. The Morgan fingerprint density at radius 1 is 1.25 bits per heavy atom. The minimum Gasteiger partial charge on any atom is -0.382 e. The average molecular weight is 342 g/mol. The van der Waals surface area contributed by atoms with Crippen LogP contribution in [0.25, 0.3) is 5.52 Å². The molecule has 7 nitrogen and oxygen atoms in total. The van der Waals surface area contributed by atoms with Gasteiger partial charge in [-0.1, -0.05) is 6.07 Å². The number of rotatable bonds is 2. The zero-order valence-corrected chi connectivity index (χ0v) is 14.2. The van der Waals surface area contributed by atoms with Gasteiger partial charge in [0.25, 0.3) is 5.91 Å². The van der Waals surface area contributed by atoms with Crippen molar-refractivity contribution < 1.29 is 4.79 Å². The van der Waals surface area contributed by atoms with Crippen molar-refractivity contribution in [2.75, 3.05) is 36.8 Å². The first kappa shape index (κ1) is 14.9. The number of thiazole rings is 1. The van der Waals surface area contributed by atoms with Crippen molar-refractivity contribution in [3.8, 4) is 0 Å². The van der Waals surface area contributed by atoms with E-state index in [-0.39, 0.29) is 11.7 Å². The molecule has 1 fully saturated rings. The maximum atomic E-state index is 12.9. The van der Waals surface area contributed by atoms with E-state index >= 15 is 0 Å². The fourth-order valence-corrected chi connectivity index (χ4v) is 3.84. The Kier molecular flexibility index (Phi) is 3.61. The Morgan fingerprint density at radius 2 is 2.04 bits per heavy atom. The zero-order valence-electron chi connectivity index (χ0n) is 13.3. The van der Waals surface area contributed by atoms with Gasteiger partial charge in [-0.3, -0.25) is 4.79 Å². The summed E-state index contributed by atoms with van der Waals surface area (Å²) in [4.78, 5) is 21.5. The summed E-state index contributed by atoms with van der Waals surface area (Å²) < 4.78 is 1.65. The standard InChI is InChI=1S/C16H18N6OS/c1-11-10-24-16(18-11)21-8-6-20(7-9-21)15(23)13-12-4-2-3-5-22(12)19-14(13)17/h2-5,10H,6-9H2,1H3,(H2,17,19). The molecule has 0 aromatic carbocycles.